The van der Waals surface area contributed by atoms with Gasteiger partial charge in [-0.05, 0) is 12.5 Å². The van der Waals surface area contributed by atoms with Gasteiger partial charge < -0.3 is 20.5 Å². The first-order valence-electron chi connectivity index (χ1n) is 7.11. The molecule has 23 heavy (non-hydrogen) atoms. The van der Waals surface area contributed by atoms with E-state index in [0.29, 0.717) is 32.3 Å². The lowest BCUT2D eigenvalue weighted by Crippen LogP contribution is -2.39. The Morgan fingerprint density at radius 3 is 2.57 bits per heavy atom. The molecule has 0 saturated carbocycles. The van der Waals surface area contributed by atoms with E-state index in [4.69, 9.17) is 9.84 Å². The highest BCUT2D eigenvalue weighted by atomic mass is 127. The zero-order valence-electron chi connectivity index (χ0n) is 13.0. The van der Waals surface area contributed by atoms with E-state index >= 15 is 0 Å². The van der Waals surface area contributed by atoms with Crippen LogP contribution in [0.4, 0.5) is 5.69 Å². The molecule has 1 aromatic carbocycles. The average molecular weight is 438 g/mol. The van der Waals surface area contributed by atoms with Crippen molar-refractivity contribution in [2.75, 3.05) is 32.9 Å². The van der Waals surface area contributed by atoms with Crippen LogP contribution in [0.15, 0.2) is 29.3 Å². The van der Waals surface area contributed by atoms with Crippen LogP contribution >= 0.6 is 24.0 Å². The summed E-state index contributed by atoms with van der Waals surface area (Å²) >= 11 is 0. The van der Waals surface area contributed by atoms with Crippen LogP contribution in [0.25, 0.3) is 0 Å². The van der Waals surface area contributed by atoms with Crippen LogP contribution in [0.5, 0.6) is 0 Å². The zero-order chi connectivity index (χ0) is 16.2. The highest BCUT2D eigenvalue weighted by molar-refractivity contribution is 14.0. The summed E-state index contributed by atoms with van der Waals surface area (Å²) in [7, 11) is 0. The maximum atomic E-state index is 10.6. The molecule has 0 aliphatic carbocycles. The van der Waals surface area contributed by atoms with Crippen LogP contribution in [0.1, 0.15) is 12.5 Å². The molecule has 0 amide bonds. The van der Waals surface area contributed by atoms with Crippen LogP contribution in [-0.4, -0.2) is 48.9 Å². The van der Waals surface area contributed by atoms with Crippen molar-refractivity contribution in [2.45, 2.75) is 13.5 Å². The molecular weight excluding hydrogens is 415 g/mol. The summed E-state index contributed by atoms with van der Waals surface area (Å²) < 4.78 is 5.15. The number of benzene rings is 1. The third-order valence-corrected chi connectivity index (χ3v) is 2.69. The topological polar surface area (TPSA) is 109 Å². The van der Waals surface area contributed by atoms with Crippen molar-refractivity contribution in [1.29, 1.82) is 0 Å². The number of nitro benzene ring substituents is 1. The second-order valence-corrected chi connectivity index (χ2v) is 4.38. The van der Waals surface area contributed by atoms with E-state index in [1.807, 2.05) is 6.92 Å². The Bertz CT molecular complexity index is 482. The summed E-state index contributed by atoms with van der Waals surface area (Å²) in [4.78, 5) is 14.6. The molecule has 0 radical (unpaired) electrons. The van der Waals surface area contributed by atoms with Crippen molar-refractivity contribution in [3.63, 3.8) is 0 Å². The van der Waals surface area contributed by atoms with Gasteiger partial charge in [0.05, 0.1) is 31.3 Å². The zero-order valence-corrected chi connectivity index (χ0v) is 15.4. The van der Waals surface area contributed by atoms with Gasteiger partial charge in [-0.1, -0.05) is 12.1 Å². The van der Waals surface area contributed by atoms with Gasteiger partial charge in [0, 0.05) is 25.2 Å². The molecule has 0 aliphatic heterocycles. The minimum absolute atomic E-state index is 0. The van der Waals surface area contributed by atoms with Gasteiger partial charge in [0.2, 0.25) is 0 Å². The Balaban J connectivity index is 0.00000484. The predicted molar refractivity (Wildman–Crippen MR) is 99.2 cm³/mol. The maximum absolute atomic E-state index is 10.6. The number of nitrogens with one attached hydrogen (secondary N) is 2. The van der Waals surface area contributed by atoms with Gasteiger partial charge in [0.15, 0.2) is 5.96 Å². The van der Waals surface area contributed by atoms with Gasteiger partial charge in [-0.15, -0.1) is 24.0 Å². The number of aliphatic imine (C=N–C) groups is 1. The number of aliphatic hydroxyl groups is 1. The van der Waals surface area contributed by atoms with Crippen molar-refractivity contribution in [3.05, 3.63) is 39.9 Å². The fraction of sp³-hybridized carbons (Fsp3) is 0.500. The first kappa shape index (κ1) is 21.5. The van der Waals surface area contributed by atoms with E-state index in [-0.39, 0.29) is 36.3 Å². The van der Waals surface area contributed by atoms with Crippen molar-refractivity contribution in [2.24, 2.45) is 4.99 Å². The maximum Gasteiger partial charge on any atom is 0.269 e. The molecule has 0 atom stereocenters. The Morgan fingerprint density at radius 2 is 2.00 bits per heavy atom. The number of nitro groups is 1. The van der Waals surface area contributed by atoms with Crippen molar-refractivity contribution in [1.82, 2.24) is 10.6 Å². The minimum Gasteiger partial charge on any atom is -0.394 e. The lowest BCUT2D eigenvalue weighted by Gasteiger charge is -2.11. The van der Waals surface area contributed by atoms with Crippen LogP contribution in [0.3, 0.4) is 0 Å². The van der Waals surface area contributed by atoms with E-state index < -0.39 is 4.92 Å². The SMILES string of the molecule is CCNC(=NCc1ccc([N+](=O)[O-])cc1)NCCOCCO.I. The number of nitrogens with zero attached hydrogens (tertiary/aromatic N) is 2. The molecule has 0 aromatic heterocycles. The molecule has 0 spiro atoms. The lowest BCUT2D eigenvalue weighted by molar-refractivity contribution is -0.384. The molecule has 8 nitrogen and oxygen atoms in total. The number of non-ortho nitro benzene ring substituents is 1. The number of guanidine groups is 1. The number of ether oxygens (including phenoxy) is 1. The molecular formula is C14H23IN4O4. The summed E-state index contributed by atoms with van der Waals surface area (Å²) in [5.74, 6) is 0.647. The number of hydrogen-bond donors (Lipinski definition) is 3. The van der Waals surface area contributed by atoms with Crippen LogP contribution in [0.2, 0.25) is 0 Å². The van der Waals surface area contributed by atoms with Gasteiger partial charge in [0.25, 0.3) is 5.69 Å². The van der Waals surface area contributed by atoms with E-state index in [0.717, 1.165) is 12.1 Å². The Kier molecular flexibility index (Phi) is 12.2. The second-order valence-electron chi connectivity index (χ2n) is 4.38. The Hall–Kier alpha value is -1.46. The molecule has 0 bridgehead atoms. The largest absolute Gasteiger partial charge is 0.394 e. The number of hydrogen-bond acceptors (Lipinski definition) is 5. The van der Waals surface area contributed by atoms with Crippen molar-refractivity contribution in [3.8, 4) is 0 Å². The summed E-state index contributed by atoms with van der Waals surface area (Å²) in [6.45, 7) is 4.49. The van der Waals surface area contributed by atoms with Crippen LogP contribution in [0, 0.1) is 10.1 Å². The third-order valence-electron chi connectivity index (χ3n) is 2.69. The smallest absolute Gasteiger partial charge is 0.269 e. The van der Waals surface area contributed by atoms with Gasteiger partial charge in [-0.2, -0.15) is 0 Å². The summed E-state index contributed by atoms with van der Waals surface area (Å²) in [5.41, 5.74) is 0.957. The summed E-state index contributed by atoms with van der Waals surface area (Å²) in [5, 5.41) is 25.4. The summed E-state index contributed by atoms with van der Waals surface area (Å²) in [6, 6.07) is 6.31. The van der Waals surface area contributed by atoms with E-state index in [1.54, 1.807) is 12.1 Å². The van der Waals surface area contributed by atoms with E-state index in [2.05, 4.69) is 15.6 Å². The molecule has 1 aromatic rings. The molecule has 0 saturated heterocycles. The normalized spacial score (nSPS) is 10.8. The molecule has 0 heterocycles. The highest BCUT2D eigenvalue weighted by Gasteiger charge is 2.03. The van der Waals surface area contributed by atoms with Crippen LogP contribution in [-0.2, 0) is 11.3 Å². The number of aliphatic hydroxyl groups excluding tert-OH is 1. The van der Waals surface area contributed by atoms with Gasteiger partial charge >= 0.3 is 0 Å². The number of halogens is 1. The Morgan fingerprint density at radius 1 is 1.30 bits per heavy atom. The highest BCUT2D eigenvalue weighted by Crippen LogP contribution is 2.12. The van der Waals surface area contributed by atoms with Crippen molar-refractivity contribution < 1.29 is 14.8 Å². The second kappa shape index (κ2) is 13.0. The Labute approximate surface area is 152 Å². The minimum atomic E-state index is -0.426. The first-order chi connectivity index (χ1) is 10.7. The molecule has 3 N–H and O–H groups in total. The van der Waals surface area contributed by atoms with E-state index in [1.165, 1.54) is 12.1 Å². The average Bonchev–Trinajstić information content (AvgIpc) is 2.52. The lowest BCUT2D eigenvalue weighted by atomic mass is 10.2. The fourth-order valence-corrected chi connectivity index (χ4v) is 1.64. The van der Waals surface area contributed by atoms with Crippen LogP contribution < -0.4 is 10.6 Å². The van der Waals surface area contributed by atoms with Gasteiger partial charge in [-0.25, -0.2) is 4.99 Å². The standard InChI is InChI=1S/C14H22N4O4.HI/c1-2-15-14(16-7-9-22-10-8-19)17-11-12-3-5-13(6-4-12)18(20)21;/h3-6,19H,2,7-11H2,1H3,(H2,15,16,17);1H. The number of rotatable bonds is 9. The summed E-state index contributed by atoms with van der Waals surface area (Å²) in [6.07, 6.45) is 0. The van der Waals surface area contributed by atoms with Gasteiger partial charge in [-0.3, -0.25) is 10.1 Å². The molecule has 1 rings (SSSR count). The van der Waals surface area contributed by atoms with Gasteiger partial charge in [0.1, 0.15) is 0 Å². The molecule has 130 valence electrons. The molecule has 0 aliphatic rings. The predicted octanol–water partition coefficient (Wildman–Crippen LogP) is 1.28. The molecule has 9 heteroatoms. The van der Waals surface area contributed by atoms with E-state index in [9.17, 15) is 10.1 Å². The quantitative estimate of drug-likeness (QED) is 0.134. The first-order valence-corrected chi connectivity index (χ1v) is 7.11. The fourth-order valence-electron chi connectivity index (χ4n) is 1.64. The molecule has 0 fully saturated rings. The third kappa shape index (κ3) is 9.31. The monoisotopic (exact) mass is 438 g/mol. The molecule has 0 unspecified atom stereocenters. The van der Waals surface area contributed by atoms with Crippen molar-refractivity contribution >= 4 is 35.6 Å².